The number of hydrogen-bond donors (Lipinski definition) is 1. The van der Waals surface area contributed by atoms with Gasteiger partial charge in [-0.25, -0.2) is 0 Å². The summed E-state index contributed by atoms with van der Waals surface area (Å²) in [5, 5.41) is 2.42. The highest BCUT2D eigenvalue weighted by Crippen LogP contribution is 2.33. The van der Waals surface area contributed by atoms with Crippen LogP contribution >= 0.6 is 0 Å². The molecule has 0 aliphatic heterocycles. The van der Waals surface area contributed by atoms with Crippen LogP contribution in [-0.2, 0) is 0 Å². The Bertz CT molecular complexity index is 507. The molecule has 0 amide bonds. The summed E-state index contributed by atoms with van der Waals surface area (Å²) in [4.78, 5) is 0. The standard InChI is InChI=1S/C15H19NO/c1-3-13(16)15-12-8-6-5-7-11(12)9-10-14(15)17-4-2/h5-10,13H,3-4,16H2,1-2H3/t13-/m0/s1. The second kappa shape index (κ2) is 5.19. The van der Waals surface area contributed by atoms with Crippen molar-refractivity contribution in [2.75, 3.05) is 6.61 Å². The summed E-state index contributed by atoms with van der Waals surface area (Å²) in [6.45, 7) is 4.76. The van der Waals surface area contributed by atoms with E-state index >= 15 is 0 Å². The van der Waals surface area contributed by atoms with Gasteiger partial charge in [-0.1, -0.05) is 37.3 Å². The van der Waals surface area contributed by atoms with E-state index in [1.807, 2.05) is 25.1 Å². The van der Waals surface area contributed by atoms with Gasteiger partial charge in [0.1, 0.15) is 5.75 Å². The maximum Gasteiger partial charge on any atom is 0.124 e. The van der Waals surface area contributed by atoms with E-state index in [4.69, 9.17) is 10.5 Å². The molecule has 2 aromatic carbocycles. The Morgan fingerprint density at radius 3 is 2.59 bits per heavy atom. The SMILES string of the molecule is CCOc1ccc2ccccc2c1[C@@H](N)CC. The van der Waals surface area contributed by atoms with Crippen LogP contribution in [0.2, 0.25) is 0 Å². The molecule has 0 aromatic heterocycles. The van der Waals surface area contributed by atoms with E-state index in [1.165, 1.54) is 10.8 Å². The van der Waals surface area contributed by atoms with Crippen molar-refractivity contribution in [3.8, 4) is 5.75 Å². The van der Waals surface area contributed by atoms with E-state index in [0.29, 0.717) is 6.61 Å². The van der Waals surface area contributed by atoms with Crippen molar-refractivity contribution in [1.29, 1.82) is 0 Å². The summed E-state index contributed by atoms with van der Waals surface area (Å²) in [6.07, 6.45) is 0.911. The maximum atomic E-state index is 6.21. The van der Waals surface area contributed by atoms with Crippen molar-refractivity contribution in [3.63, 3.8) is 0 Å². The summed E-state index contributed by atoms with van der Waals surface area (Å²) in [5.41, 5.74) is 7.34. The summed E-state index contributed by atoms with van der Waals surface area (Å²) in [7, 11) is 0. The third-order valence-corrected chi connectivity index (χ3v) is 3.04. The van der Waals surface area contributed by atoms with Crippen molar-refractivity contribution in [3.05, 3.63) is 42.0 Å². The van der Waals surface area contributed by atoms with Crippen LogP contribution in [0.4, 0.5) is 0 Å². The van der Waals surface area contributed by atoms with Gasteiger partial charge in [0.2, 0.25) is 0 Å². The third-order valence-electron chi connectivity index (χ3n) is 3.04. The minimum absolute atomic E-state index is 0.0302. The number of nitrogens with two attached hydrogens (primary N) is 1. The summed E-state index contributed by atoms with van der Waals surface area (Å²) in [6, 6.07) is 12.5. The Hall–Kier alpha value is -1.54. The first kappa shape index (κ1) is 11.9. The zero-order valence-electron chi connectivity index (χ0n) is 10.4. The smallest absolute Gasteiger partial charge is 0.124 e. The van der Waals surface area contributed by atoms with E-state index in [0.717, 1.165) is 17.7 Å². The van der Waals surface area contributed by atoms with Gasteiger partial charge in [-0.2, -0.15) is 0 Å². The quantitative estimate of drug-likeness (QED) is 0.868. The van der Waals surface area contributed by atoms with Gasteiger partial charge in [0.05, 0.1) is 6.61 Å². The van der Waals surface area contributed by atoms with Crippen LogP contribution in [0.15, 0.2) is 36.4 Å². The molecule has 0 bridgehead atoms. The van der Waals surface area contributed by atoms with Crippen LogP contribution in [0, 0.1) is 0 Å². The Morgan fingerprint density at radius 2 is 1.88 bits per heavy atom. The molecule has 2 rings (SSSR count). The van der Waals surface area contributed by atoms with Crippen LogP contribution in [0.25, 0.3) is 10.8 Å². The molecule has 2 heteroatoms. The number of hydrogen-bond acceptors (Lipinski definition) is 2. The van der Waals surface area contributed by atoms with Gasteiger partial charge in [0.15, 0.2) is 0 Å². The fourth-order valence-electron chi connectivity index (χ4n) is 2.14. The molecule has 1 atom stereocenters. The molecule has 2 N–H and O–H groups in total. The Labute approximate surface area is 102 Å². The van der Waals surface area contributed by atoms with Crippen LogP contribution < -0.4 is 10.5 Å². The molecular weight excluding hydrogens is 210 g/mol. The molecular formula is C15H19NO. The zero-order chi connectivity index (χ0) is 12.3. The van der Waals surface area contributed by atoms with E-state index in [1.54, 1.807) is 0 Å². The molecule has 0 fully saturated rings. The highest BCUT2D eigenvalue weighted by molar-refractivity contribution is 5.88. The lowest BCUT2D eigenvalue weighted by molar-refractivity contribution is 0.334. The molecule has 0 aliphatic carbocycles. The number of fused-ring (bicyclic) bond motifs is 1. The molecule has 0 unspecified atom stereocenters. The van der Waals surface area contributed by atoms with E-state index < -0.39 is 0 Å². The summed E-state index contributed by atoms with van der Waals surface area (Å²) < 4.78 is 5.69. The summed E-state index contributed by atoms with van der Waals surface area (Å²) >= 11 is 0. The highest BCUT2D eigenvalue weighted by Gasteiger charge is 2.14. The van der Waals surface area contributed by atoms with Crippen LogP contribution in [0.5, 0.6) is 5.75 Å². The molecule has 90 valence electrons. The molecule has 0 aliphatic rings. The van der Waals surface area contributed by atoms with Crippen LogP contribution in [0.3, 0.4) is 0 Å². The average Bonchev–Trinajstić information content (AvgIpc) is 2.38. The monoisotopic (exact) mass is 229 g/mol. The first-order chi connectivity index (χ1) is 8.27. The second-order valence-corrected chi connectivity index (χ2v) is 4.15. The lowest BCUT2D eigenvalue weighted by atomic mass is 9.96. The molecule has 0 spiro atoms. The minimum Gasteiger partial charge on any atom is -0.494 e. The molecule has 2 aromatic rings. The number of benzene rings is 2. The molecule has 17 heavy (non-hydrogen) atoms. The van der Waals surface area contributed by atoms with Crippen molar-refractivity contribution < 1.29 is 4.74 Å². The number of rotatable bonds is 4. The first-order valence-corrected chi connectivity index (χ1v) is 6.18. The normalized spacial score (nSPS) is 12.6. The van der Waals surface area contributed by atoms with E-state index in [-0.39, 0.29) is 6.04 Å². The van der Waals surface area contributed by atoms with Gasteiger partial charge in [0, 0.05) is 11.6 Å². The Balaban J connectivity index is 2.65. The molecule has 0 saturated heterocycles. The predicted molar refractivity (Wildman–Crippen MR) is 72.3 cm³/mol. The topological polar surface area (TPSA) is 35.2 Å². The minimum atomic E-state index is 0.0302. The van der Waals surface area contributed by atoms with E-state index in [9.17, 15) is 0 Å². The second-order valence-electron chi connectivity index (χ2n) is 4.15. The van der Waals surface area contributed by atoms with Gasteiger partial charge < -0.3 is 10.5 Å². The third kappa shape index (κ3) is 2.27. The largest absolute Gasteiger partial charge is 0.494 e. The molecule has 0 radical (unpaired) electrons. The average molecular weight is 229 g/mol. The van der Waals surface area contributed by atoms with Crippen molar-refractivity contribution in [2.45, 2.75) is 26.3 Å². The van der Waals surface area contributed by atoms with Crippen LogP contribution in [0.1, 0.15) is 31.9 Å². The van der Waals surface area contributed by atoms with Gasteiger partial charge >= 0.3 is 0 Å². The van der Waals surface area contributed by atoms with Gasteiger partial charge in [0.25, 0.3) is 0 Å². The van der Waals surface area contributed by atoms with Gasteiger partial charge in [-0.15, -0.1) is 0 Å². The Morgan fingerprint density at radius 1 is 1.12 bits per heavy atom. The Kier molecular flexibility index (Phi) is 3.64. The van der Waals surface area contributed by atoms with Crippen molar-refractivity contribution >= 4 is 10.8 Å². The summed E-state index contributed by atoms with van der Waals surface area (Å²) in [5.74, 6) is 0.917. The molecule has 2 nitrogen and oxygen atoms in total. The fourth-order valence-corrected chi connectivity index (χ4v) is 2.14. The lowest BCUT2D eigenvalue weighted by Crippen LogP contribution is -2.11. The van der Waals surface area contributed by atoms with E-state index in [2.05, 4.69) is 25.1 Å². The van der Waals surface area contributed by atoms with Crippen molar-refractivity contribution in [2.24, 2.45) is 5.73 Å². The maximum absolute atomic E-state index is 6.21. The van der Waals surface area contributed by atoms with Crippen LogP contribution in [-0.4, -0.2) is 6.61 Å². The fraction of sp³-hybridized carbons (Fsp3) is 0.333. The highest BCUT2D eigenvalue weighted by atomic mass is 16.5. The zero-order valence-corrected chi connectivity index (χ0v) is 10.4. The van der Waals surface area contributed by atoms with Crippen molar-refractivity contribution in [1.82, 2.24) is 0 Å². The number of ether oxygens (including phenoxy) is 1. The van der Waals surface area contributed by atoms with Gasteiger partial charge in [-0.3, -0.25) is 0 Å². The molecule has 0 heterocycles. The van der Waals surface area contributed by atoms with Gasteiger partial charge in [-0.05, 0) is 30.2 Å². The molecule has 0 saturated carbocycles. The first-order valence-electron chi connectivity index (χ1n) is 6.18. The predicted octanol–water partition coefficient (Wildman–Crippen LogP) is 3.65. The lowest BCUT2D eigenvalue weighted by Gasteiger charge is -2.17.